The van der Waals surface area contributed by atoms with E-state index in [1.54, 1.807) is 0 Å². The van der Waals surface area contributed by atoms with Crippen molar-refractivity contribution >= 4 is 29.1 Å². The minimum Gasteiger partial charge on any atom is -0.406 e. The molecule has 3 aromatic rings. The van der Waals surface area contributed by atoms with Gasteiger partial charge in [-0.15, -0.1) is 13.2 Å². The molecule has 0 radical (unpaired) electrons. The molecule has 30 heavy (non-hydrogen) atoms. The maximum Gasteiger partial charge on any atom is 0.573 e. The number of alkyl halides is 3. The van der Waals surface area contributed by atoms with Gasteiger partial charge in [-0.1, -0.05) is 29.8 Å². The van der Waals surface area contributed by atoms with E-state index in [-0.39, 0.29) is 41.3 Å². The SMILES string of the molecule is OCCNc1nc(Nc2c(F)cccc2Cl)cc(-c2cccc(OC(F)(F)F)c2)n1. The molecule has 0 bridgehead atoms. The van der Waals surface area contributed by atoms with Crippen LogP contribution in [0.2, 0.25) is 5.02 Å². The summed E-state index contributed by atoms with van der Waals surface area (Å²) in [5, 5.41) is 14.6. The largest absolute Gasteiger partial charge is 0.573 e. The fourth-order valence-corrected chi connectivity index (χ4v) is 2.71. The Morgan fingerprint density at radius 1 is 1.07 bits per heavy atom. The van der Waals surface area contributed by atoms with Gasteiger partial charge < -0.3 is 20.5 Å². The van der Waals surface area contributed by atoms with Crippen LogP contribution in [0.1, 0.15) is 0 Å². The van der Waals surface area contributed by atoms with Crippen molar-refractivity contribution in [1.29, 1.82) is 0 Å². The van der Waals surface area contributed by atoms with Crippen LogP contribution in [0.5, 0.6) is 5.75 Å². The van der Waals surface area contributed by atoms with E-state index < -0.39 is 17.9 Å². The Morgan fingerprint density at radius 3 is 2.53 bits per heavy atom. The molecule has 3 N–H and O–H groups in total. The summed E-state index contributed by atoms with van der Waals surface area (Å²) in [5.74, 6) is -0.837. The Hall–Kier alpha value is -3.11. The number of aliphatic hydroxyl groups is 1. The molecule has 0 amide bonds. The number of anilines is 3. The summed E-state index contributed by atoms with van der Waals surface area (Å²) in [6.07, 6.45) is -4.84. The average molecular weight is 443 g/mol. The number of para-hydroxylation sites is 1. The van der Waals surface area contributed by atoms with Crippen molar-refractivity contribution in [3.05, 3.63) is 59.4 Å². The smallest absolute Gasteiger partial charge is 0.406 e. The van der Waals surface area contributed by atoms with E-state index in [0.717, 1.165) is 12.1 Å². The fraction of sp³-hybridized carbons (Fsp3) is 0.158. The molecule has 11 heteroatoms. The van der Waals surface area contributed by atoms with Gasteiger partial charge in [-0.2, -0.15) is 4.98 Å². The minimum atomic E-state index is -4.84. The van der Waals surface area contributed by atoms with Gasteiger partial charge in [0.25, 0.3) is 0 Å². The molecule has 0 unspecified atom stereocenters. The molecule has 0 aliphatic carbocycles. The van der Waals surface area contributed by atoms with Crippen LogP contribution in [-0.2, 0) is 0 Å². The summed E-state index contributed by atoms with van der Waals surface area (Å²) in [4.78, 5) is 8.40. The van der Waals surface area contributed by atoms with Gasteiger partial charge in [-0.3, -0.25) is 0 Å². The molecule has 0 atom stereocenters. The van der Waals surface area contributed by atoms with Crippen LogP contribution in [0.3, 0.4) is 0 Å². The second-order valence-corrected chi connectivity index (χ2v) is 6.32. The monoisotopic (exact) mass is 442 g/mol. The Kier molecular flexibility index (Phi) is 6.58. The second-order valence-electron chi connectivity index (χ2n) is 5.91. The van der Waals surface area contributed by atoms with Gasteiger partial charge in [0, 0.05) is 18.2 Å². The molecule has 0 fully saturated rings. The second kappa shape index (κ2) is 9.14. The lowest BCUT2D eigenvalue weighted by Gasteiger charge is -2.13. The van der Waals surface area contributed by atoms with Crippen LogP contribution < -0.4 is 15.4 Å². The van der Waals surface area contributed by atoms with Crippen molar-refractivity contribution in [3.8, 4) is 17.0 Å². The molecule has 1 aromatic heterocycles. The number of rotatable bonds is 7. The van der Waals surface area contributed by atoms with Gasteiger partial charge in [-0.25, -0.2) is 9.37 Å². The third kappa shape index (κ3) is 5.71. The van der Waals surface area contributed by atoms with Crippen LogP contribution in [0, 0.1) is 5.82 Å². The first-order chi connectivity index (χ1) is 14.2. The average Bonchev–Trinajstić information content (AvgIpc) is 2.68. The van der Waals surface area contributed by atoms with Crippen molar-refractivity contribution in [2.24, 2.45) is 0 Å². The highest BCUT2D eigenvalue weighted by Crippen LogP contribution is 2.31. The standard InChI is InChI=1S/C19H15ClF4N4O2/c20-13-5-2-6-14(21)17(13)27-16-10-15(26-18(28-16)25-7-8-29)11-3-1-4-12(9-11)30-19(22,23)24/h1-6,9-10,29H,7-8H2,(H2,25,26,27,28). The van der Waals surface area contributed by atoms with Gasteiger partial charge in [0.15, 0.2) is 0 Å². The van der Waals surface area contributed by atoms with Crippen molar-refractivity contribution in [1.82, 2.24) is 9.97 Å². The summed E-state index contributed by atoms with van der Waals surface area (Å²) in [5.41, 5.74) is 0.507. The molecule has 3 rings (SSSR count). The fourth-order valence-electron chi connectivity index (χ4n) is 2.50. The quantitative estimate of drug-likeness (QED) is 0.448. The Bertz CT molecular complexity index is 1010. The predicted molar refractivity (Wildman–Crippen MR) is 104 cm³/mol. The van der Waals surface area contributed by atoms with E-state index >= 15 is 0 Å². The lowest BCUT2D eigenvalue weighted by molar-refractivity contribution is -0.274. The Labute approximate surface area is 173 Å². The zero-order valence-electron chi connectivity index (χ0n) is 15.2. The van der Waals surface area contributed by atoms with Gasteiger partial charge in [0.05, 0.1) is 23.0 Å². The first-order valence-electron chi connectivity index (χ1n) is 8.56. The first-order valence-corrected chi connectivity index (χ1v) is 8.94. The van der Waals surface area contributed by atoms with Gasteiger partial charge >= 0.3 is 6.36 Å². The number of hydrogen-bond donors (Lipinski definition) is 3. The topological polar surface area (TPSA) is 79.3 Å². The third-order valence-corrected chi connectivity index (χ3v) is 4.02. The lowest BCUT2D eigenvalue weighted by Crippen LogP contribution is -2.17. The normalized spacial score (nSPS) is 11.3. The van der Waals surface area contributed by atoms with Crippen LogP contribution in [0.4, 0.5) is 35.0 Å². The van der Waals surface area contributed by atoms with Crippen molar-refractivity contribution in [2.45, 2.75) is 6.36 Å². The summed E-state index contributed by atoms with van der Waals surface area (Å²) >= 11 is 6.02. The Morgan fingerprint density at radius 2 is 1.83 bits per heavy atom. The van der Waals surface area contributed by atoms with Crippen molar-refractivity contribution in [3.63, 3.8) is 0 Å². The molecular weight excluding hydrogens is 428 g/mol. The molecule has 6 nitrogen and oxygen atoms in total. The predicted octanol–water partition coefficient (Wildman–Crippen LogP) is 4.98. The maximum absolute atomic E-state index is 14.1. The number of hydrogen-bond acceptors (Lipinski definition) is 6. The van der Waals surface area contributed by atoms with E-state index in [2.05, 4.69) is 25.3 Å². The zero-order valence-corrected chi connectivity index (χ0v) is 15.9. The van der Waals surface area contributed by atoms with Crippen LogP contribution in [0.25, 0.3) is 11.3 Å². The number of halogens is 5. The van der Waals surface area contributed by atoms with Gasteiger partial charge in [0.2, 0.25) is 5.95 Å². The molecule has 0 saturated carbocycles. The molecule has 1 heterocycles. The number of aliphatic hydroxyl groups excluding tert-OH is 1. The van der Waals surface area contributed by atoms with E-state index in [1.165, 1.54) is 36.4 Å². The van der Waals surface area contributed by atoms with Crippen molar-refractivity contribution in [2.75, 3.05) is 23.8 Å². The minimum absolute atomic E-state index is 0.0221. The number of benzene rings is 2. The molecule has 0 spiro atoms. The number of nitrogens with one attached hydrogen (secondary N) is 2. The van der Waals surface area contributed by atoms with E-state index in [0.29, 0.717) is 5.56 Å². The van der Waals surface area contributed by atoms with Crippen LogP contribution >= 0.6 is 11.6 Å². The summed E-state index contributed by atoms with van der Waals surface area (Å²) in [7, 11) is 0. The third-order valence-electron chi connectivity index (χ3n) is 3.70. The van der Waals surface area contributed by atoms with Gasteiger partial charge in [0.1, 0.15) is 17.4 Å². The summed E-state index contributed by atoms with van der Waals surface area (Å²) < 4.78 is 55.6. The number of ether oxygens (including phenoxy) is 1. The maximum atomic E-state index is 14.1. The van der Waals surface area contributed by atoms with Crippen LogP contribution in [-0.4, -0.2) is 34.6 Å². The lowest BCUT2D eigenvalue weighted by atomic mass is 10.1. The van der Waals surface area contributed by atoms with E-state index in [9.17, 15) is 17.6 Å². The molecular formula is C19H15ClF4N4O2. The molecule has 2 aromatic carbocycles. The molecule has 158 valence electrons. The first kappa shape index (κ1) is 21.6. The zero-order chi connectivity index (χ0) is 21.7. The Balaban J connectivity index is 2.00. The summed E-state index contributed by atoms with van der Waals surface area (Å²) in [6, 6.07) is 10.8. The van der Waals surface area contributed by atoms with E-state index in [1.807, 2.05) is 0 Å². The highest BCUT2D eigenvalue weighted by Gasteiger charge is 2.31. The number of aromatic nitrogens is 2. The van der Waals surface area contributed by atoms with Gasteiger partial charge in [-0.05, 0) is 24.3 Å². The van der Waals surface area contributed by atoms with Crippen LogP contribution in [0.15, 0.2) is 48.5 Å². The highest BCUT2D eigenvalue weighted by molar-refractivity contribution is 6.33. The molecule has 0 aliphatic heterocycles. The molecule has 0 saturated heterocycles. The molecule has 0 aliphatic rings. The highest BCUT2D eigenvalue weighted by atomic mass is 35.5. The number of nitrogens with zero attached hydrogens (tertiary/aromatic N) is 2. The van der Waals surface area contributed by atoms with Crippen molar-refractivity contribution < 1.29 is 27.4 Å². The summed E-state index contributed by atoms with van der Waals surface area (Å²) in [6.45, 7) is -0.0784. The van der Waals surface area contributed by atoms with E-state index in [4.69, 9.17) is 16.7 Å².